The number of nitrogens with zero attached hydrogens (tertiary/aromatic N) is 1. The van der Waals surface area contributed by atoms with Crippen LogP contribution in [0.2, 0.25) is 0 Å². The summed E-state index contributed by atoms with van der Waals surface area (Å²) in [5.74, 6) is -2.06. The zero-order valence-corrected chi connectivity index (χ0v) is 19.4. The van der Waals surface area contributed by atoms with E-state index in [1.807, 2.05) is 6.92 Å². The van der Waals surface area contributed by atoms with Crippen LogP contribution in [0.3, 0.4) is 0 Å². The molecule has 1 rings (SSSR count). The van der Waals surface area contributed by atoms with Crippen molar-refractivity contribution in [2.45, 2.75) is 96.4 Å². The van der Waals surface area contributed by atoms with E-state index in [2.05, 4.69) is 10.6 Å². The van der Waals surface area contributed by atoms with Crippen LogP contribution in [0.15, 0.2) is 0 Å². The van der Waals surface area contributed by atoms with E-state index in [4.69, 9.17) is 16.2 Å². The molecular weight excluding hydrogens is 418 g/mol. The summed E-state index contributed by atoms with van der Waals surface area (Å²) in [5.41, 5.74) is 9.82. The molecule has 0 aliphatic carbocycles. The molecule has 32 heavy (non-hydrogen) atoms. The molecule has 0 aromatic rings. The SMILES string of the molecule is CCC[C@H](NC(=O)[C@H](CCCC(N)=O)NC(=O)OC(C)(C)C)C(=O)N1CCC[C@H]1C(N)=O. The van der Waals surface area contributed by atoms with Crippen molar-refractivity contribution >= 4 is 29.7 Å². The van der Waals surface area contributed by atoms with Gasteiger partial charge in [-0.15, -0.1) is 0 Å². The summed E-state index contributed by atoms with van der Waals surface area (Å²) in [6.45, 7) is 7.33. The molecule has 3 atom stereocenters. The zero-order chi connectivity index (χ0) is 24.5. The fourth-order valence-corrected chi connectivity index (χ4v) is 3.54. The first-order valence-electron chi connectivity index (χ1n) is 11.0. The number of hydrogen-bond acceptors (Lipinski definition) is 6. The number of likely N-dealkylation sites (tertiary alicyclic amines) is 1. The average molecular weight is 456 g/mol. The van der Waals surface area contributed by atoms with Crippen LogP contribution in [0.5, 0.6) is 0 Å². The van der Waals surface area contributed by atoms with Gasteiger partial charge in [0.15, 0.2) is 0 Å². The lowest BCUT2D eigenvalue weighted by atomic mass is 10.1. The smallest absolute Gasteiger partial charge is 0.408 e. The lowest BCUT2D eigenvalue weighted by Gasteiger charge is -2.29. The summed E-state index contributed by atoms with van der Waals surface area (Å²) in [4.78, 5) is 62.4. The molecule has 0 aromatic carbocycles. The predicted octanol–water partition coefficient (Wildman–Crippen LogP) is 0.297. The van der Waals surface area contributed by atoms with Crippen molar-refractivity contribution in [2.75, 3.05) is 6.54 Å². The molecule has 5 amide bonds. The fraction of sp³-hybridized carbons (Fsp3) is 0.762. The quantitative estimate of drug-likeness (QED) is 0.348. The Bertz CT molecular complexity index is 705. The van der Waals surface area contributed by atoms with Crippen molar-refractivity contribution in [3.05, 3.63) is 0 Å². The highest BCUT2D eigenvalue weighted by Gasteiger charge is 2.37. The molecule has 0 aromatic heterocycles. The number of nitrogens with two attached hydrogens (primary N) is 2. The summed E-state index contributed by atoms with van der Waals surface area (Å²) in [7, 11) is 0. The molecule has 0 spiro atoms. The number of carbonyl (C=O) groups excluding carboxylic acids is 5. The molecule has 1 heterocycles. The van der Waals surface area contributed by atoms with Gasteiger partial charge in [-0.25, -0.2) is 4.79 Å². The van der Waals surface area contributed by atoms with Crippen LogP contribution in [-0.2, 0) is 23.9 Å². The maximum Gasteiger partial charge on any atom is 0.408 e. The largest absolute Gasteiger partial charge is 0.444 e. The van der Waals surface area contributed by atoms with Gasteiger partial charge in [-0.2, -0.15) is 0 Å². The molecule has 0 bridgehead atoms. The third-order valence-corrected chi connectivity index (χ3v) is 4.98. The molecule has 1 aliphatic heterocycles. The van der Waals surface area contributed by atoms with Crippen molar-refractivity contribution in [2.24, 2.45) is 11.5 Å². The lowest BCUT2D eigenvalue weighted by Crippen LogP contribution is -2.56. The molecule has 0 unspecified atom stereocenters. The second-order valence-corrected chi connectivity index (χ2v) is 9.00. The number of amides is 5. The minimum atomic E-state index is -1.03. The topological polar surface area (TPSA) is 174 Å². The molecule has 11 nitrogen and oxygen atoms in total. The van der Waals surface area contributed by atoms with Crippen LogP contribution in [0.25, 0.3) is 0 Å². The molecule has 1 fully saturated rings. The normalized spacial score (nSPS) is 17.9. The van der Waals surface area contributed by atoms with Crippen LogP contribution in [0.1, 0.15) is 72.6 Å². The van der Waals surface area contributed by atoms with Crippen molar-refractivity contribution in [1.82, 2.24) is 15.5 Å². The summed E-state index contributed by atoms with van der Waals surface area (Å²) in [5, 5.41) is 5.20. The van der Waals surface area contributed by atoms with Gasteiger partial charge in [0.2, 0.25) is 23.6 Å². The monoisotopic (exact) mass is 455 g/mol. The highest BCUT2D eigenvalue weighted by atomic mass is 16.6. The first kappa shape index (κ1) is 27.2. The standard InChI is InChI=1S/C21H37N5O6/c1-5-8-14(19(30)26-12-7-10-15(26)17(23)28)24-18(29)13(9-6-11-16(22)27)25-20(31)32-21(2,3)4/h13-15H,5-12H2,1-4H3,(H2,22,27)(H2,23,28)(H,24,29)(H,25,31)/t13-,14-,15-/m0/s1. The zero-order valence-electron chi connectivity index (χ0n) is 19.4. The number of primary amides is 2. The molecular formula is C21H37N5O6. The van der Waals surface area contributed by atoms with Crippen LogP contribution in [0, 0.1) is 0 Å². The summed E-state index contributed by atoms with van der Waals surface area (Å²) >= 11 is 0. The van der Waals surface area contributed by atoms with Crippen molar-refractivity contribution < 1.29 is 28.7 Å². The second-order valence-electron chi connectivity index (χ2n) is 9.00. The van der Waals surface area contributed by atoms with Crippen molar-refractivity contribution in [1.29, 1.82) is 0 Å². The molecule has 11 heteroatoms. The van der Waals surface area contributed by atoms with Gasteiger partial charge in [0, 0.05) is 13.0 Å². The average Bonchev–Trinajstić information content (AvgIpc) is 3.14. The Hall–Kier alpha value is -2.85. The van der Waals surface area contributed by atoms with E-state index in [0.29, 0.717) is 32.2 Å². The summed E-state index contributed by atoms with van der Waals surface area (Å²) in [6, 6.07) is -2.58. The number of carbonyl (C=O) groups is 5. The fourth-order valence-electron chi connectivity index (χ4n) is 3.54. The molecule has 1 aliphatic rings. The van der Waals surface area contributed by atoms with E-state index in [0.717, 1.165) is 0 Å². The summed E-state index contributed by atoms with van der Waals surface area (Å²) in [6.07, 6.45) is 1.77. The first-order valence-corrected chi connectivity index (χ1v) is 11.0. The molecule has 0 radical (unpaired) electrons. The van der Waals surface area contributed by atoms with Gasteiger partial charge in [0.25, 0.3) is 0 Å². The van der Waals surface area contributed by atoms with E-state index in [1.54, 1.807) is 20.8 Å². The van der Waals surface area contributed by atoms with Crippen molar-refractivity contribution in [3.8, 4) is 0 Å². The van der Waals surface area contributed by atoms with E-state index in [1.165, 1.54) is 4.90 Å². The van der Waals surface area contributed by atoms with E-state index in [9.17, 15) is 24.0 Å². The van der Waals surface area contributed by atoms with Gasteiger partial charge in [-0.05, 0) is 52.9 Å². The van der Waals surface area contributed by atoms with Gasteiger partial charge in [0.05, 0.1) is 0 Å². The van der Waals surface area contributed by atoms with Crippen LogP contribution in [-0.4, -0.2) is 64.9 Å². The second kappa shape index (κ2) is 12.3. The Morgan fingerprint density at radius 3 is 2.25 bits per heavy atom. The number of hydrogen-bond donors (Lipinski definition) is 4. The molecule has 182 valence electrons. The predicted molar refractivity (Wildman–Crippen MR) is 117 cm³/mol. The lowest BCUT2D eigenvalue weighted by molar-refractivity contribution is -0.141. The Kier molecular flexibility index (Phi) is 10.4. The van der Waals surface area contributed by atoms with Crippen molar-refractivity contribution in [3.63, 3.8) is 0 Å². The van der Waals surface area contributed by atoms with Gasteiger partial charge < -0.3 is 31.7 Å². The third-order valence-electron chi connectivity index (χ3n) is 4.98. The Morgan fingerprint density at radius 1 is 1.06 bits per heavy atom. The van der Waals surface area contributed by atoms with Gasteiger partial charge in [0.1, 0.15) is 23.7 Å². The van der Waals surface area contributed by atoms with Gasteiger partial charge >= 0.3 is 6.09 Å². The Morgan fingerprint density at radius 2 is 1.72 bits per heavy atom. The maximum absolute atomic E-state index is 13.1. The van der Waals surface area contributed by atoms with E-state index >= 15 is 0 Å². The van der Waals surface area contributed by atoms with Crippen LogP contribution < -0.4 is 22.1 Å². The Balaban J connectivity index is 2.93. The van der Waals surface area contributed by atoms with Crippen LogP contribution in [0.4, 0.5) is 4.79 Å². The molecule has 1 saturated heterocycles. The molecule has 0 saturated carbocycles. The number of nitrogens with one attached hydrogen (secondary N) is 2. The molecule has 6 N–H and O–H groups in total. The minimum absolute atomic E-state index is 0.0468. The maximum atomic E-state index is 13.1. The van der Waals surface area contributed by atoms with Gasteiger partial charge in [-0.1, -0.05) is 13.3 Å². The highest BCUT2D eigenvalue weighted by Crippen LogP contribution is 2.19. The number of ether oxygens (including phenoxy) is 1. The first-order chi connectivity index (χ1) is 14.9. The van der Waals surface area contributed by atoms with Gasteiger partial charge in [-0.3, -0.25) is 19.2 Å². The number of alkyl carbamates (subject to hydrolysis) is 1. The van der Waals surface area contributed by atoms with E-state index in [-0.39, 0.29) is 25.2 Å². The highest BCUT2D eigenvalue weighted by molar-refractivity contribution is 5.93. The summed E-state index contributed by atoms with van der Waals surface area (Å²) < 4.78 is 5.22. The Labute approximate surface area is 188 Å². The van der Waals surface area contributed by atoms with E-state index < -0.39 is 47.5 Å². The minimum Gasteiger partial charge on any atom is -0.444 e. The van der Waals surface area contributed by atoms with Crippen LogP contribution >= 0.6 is 0 Å². The third kappa shape index (κ3) is 9.11. The number of rotatable bonds is 11.